The van der Waals surface area contributed by atoms with Crippen molar-refractivity contribution in [3.8, 4) is 0 Å². The number of hydrogen-bond acceptors (Lipinski definition) is 4. The van der Waals surface area contributed by atoms with Crippen LogP contribution < -0.4 is 10.0 Å². The lowest BCUT2D eigenvalue weighted by Gasteiger charge is -2.11. The summed E-state index contributed by atoms with van der Waals surface area (Å²) in [7, 11) is -3.97. The van der Waals surface area contributed by atoms with Crippen LogP contribution >= 0.6 is 12.2 Å². The Morgan fingerprint density at radius 3 is 2.31 bits per heavy atom. The van der Waals surface area contributed by atoms with Gasteiger partial charge in [0.15, 0.2) is 0 Å². The average Bonchev–Trinajstić information content (AvgIpc) is 2.61. The number of thiocarbonyl (C=S) groups is 1. The normalized spacial score (nSPS) is 11.1. The van der Waals surface area contributed by atoms with E-state index in [-0.39, 0.29) is 9.88 Å². The van der Waals surface area contributed by atoms with E-state index >= 15 is 0 Å². The molecule has 2 amide bonds. The second-order valence-corrected chi connectivity index (χ2v) is 7.82. The summed E-state index contributed by atoms with van der Waals surface area (Å²) in [5.74, 6) is 0. The Balaban J connectivity index is 1.77. The van der Waals surface area contributed by atoms with Crippen molar-refractivity contribution in [2.24, 2.45) is 0 Å². The molecule has 3 rings (SSSR count). The van der Waals surface area contributed by atoms with Crippen LogP contribution in [0.1, 0.15) is 11.1 Å². The monoisotopic (exact) mass is 384 g/mol. The number of carbonyl (C=O) groups excluding carboxylic acids is 1. The number of nitrogens with one attached hydrogen (secondary N) is 2. The number of hydrogen-bond donors (Lipinski definition) is 2. The molecular formula is C19H16N2O3S2. The van der Waals surface area contributed by atoms with Crippen molar-refractivity contribution in [2.45, 2.75) is 11.8 Å². The van der Waals surface area contributed by atoms with Crippen molar-refractivity contribution in [1.82, 2.24) is 10.0 Å². The zero-order valence-electron chi connectivity index (χ0n) is 13.9. The maximum Gasteiger partial charge on any atom is 0.333 e. The van der Waals surface area contributed by atoms with Crippen LogP contribution in [0.4, 0.5) is 4.79 Å². The van der Waals surface area contributed by atoms with Gasteiger partial charge in [-0.2, -0.15) is 0 Å². The van der Waals surface area contributed by atoms with Gasteiger partial charge in [-0.1, -0.05) is 72.4 Å². The number of sulfonamides is 1. The standard InChI is InChI=1S/C19H16N2O3S2/c1-13-9-11-15(12-10-13)26(23,24)21-19(22)20-18(25)17-8-4-6-14-5-2-3-7-16(14)17/h2-12H,1H3,(H2,20,21,22,25). The smallest absolute Gasteiger partial charge is 0.297 e. The summed E-state index contributed by atoms with van der Waals surface area (Å²) < 4.78 is 26.5. The number of urea groups is 1. The Hall–Kier alpha value is -2.77. The molecule has 0 spiro atoms. The molecule has 0 atom stereocenters. The highest BCUT2D eigenvalue weighted by atomic mass is 32.2. The van der Waals surface area contributed by atoms with Crippen molar-refractivity contribution in [3.05, 3.63) is 77.9 Å². The molecule has 2 N–H and O–H groups in total. The molecule has 0 heterocycles. The molecule has 0 bridgehead atoms. The predicted molar refractivity (Wildman–Crippen MR) is 106 cm³/mol. The Bertz CT molecular complexity index is 1090. The first-order chi connectivity index (χ1) is 12.4. The molecule has 0 aliphatic carbocycles. The van der Waals surface area contributed by atoms with E-state index in [0.717, 1.165) is 16.3 Å². The van der Waals surface area contributed by atoms with E-state index in [1.807, 2.05) is 48.0 Å². The van der Waals surface area contributed by atoms with E-state index in [2.05, 4.69) is 5.32 Å². The molecule has 0 radical (unpaired) electrons. The number of carbonyl (C=O) groups is 1. The van der Waals surface area contributed by atoms with Gasteiger partial charge in [0.05, 0.1) is 4.90 Å². The van der Waals surface area contributed by atoms with Crippen LogP contribution in [-0.2, 0) is 10.0 Å². The number of rotatable bonds is 3. The van der Waals surface area contributed by atoms with E-state index in [1.54, 1.807) is 18.2 Å². The molecule has 0 aliphatic heterocycles. The molecule has 0 saturated carbocycles. The third-order valence-corrected chi connectivity index (χ3v) is 5.49. The summed E-state index contributed by atoms with van der Waals surface area (Å²) in [6, 6.07) is 18.4. The minimum Gasteiger partial charge on any atom is -0.297 e. The maximum absolute atomic E-state index is 12.3. The van der Waals surface area contributed by atoms with E-state index < -0.39 is 16.1 Å². The zero-order chi connectivity index (χ0) is 18.7. The summed E-state index contributed by atoms with van der Waals surface area (Å²) in [5.41, 5.74) is 1.58. The third kappa shape index (κ3) is 3.89. The minimum atomic E-state index is -3.97. The second kappa shape index (κ2) is 7.23. The lowest BCUT2D eigenvalue weighted by Crippen LogP contribution is -2.42. The van der Waals surface area contributed by atoms with Crippen LogP contribution in [0.5, 0.6) is 0 Å². The number of amides is 2. The Morgan fingerprint density at radius 2 is 1.58 bits per heavy atom. The van der Waals surface area contributed by atoms with Gasteiger partial charge in [0, 0.05) is 5.56 Å². The van der Waals surface area contributed by atoms with Gasteiger partial charge in [-0.3, -0.25) is 5.32 Å². The van der Waals surface area contributed by atoms with Gasteiger partial charge in [0.2, 0.25) is 0 Å². The van der Waals surface area contributed by atoms with E-state index in [1.165, 1.54) is 12.1 Å². The van der Waals surface area contributed by atoms with Crippen molar-refractivity contribution < 1.29 is 13.2 Å². The Kier molecular flexibility index (Phi) is 5.01. The molecule has 26 heavy (non-hydrogen) atoms. The van der Waals surface area contributed by atoms with Crippen LogP contribution in [0, 0.1) is 6.92 Å². The van der Waals surface area contributed by atoms with Gasteiger partial charge in [0.25, 0.3) is 10.0 Å². The molecule has 3 aromatic carbocycles. The zero-order valence-corrected chi connectivity index (χ0v) is 15.5. The molecule has 5 nitrogen and oxygen atoms in total. The summed E-state index contributed by atoms with van der Waals surface area (Å²) in [6.45, 7) is 1.85. The van der Waals surface area contributed by atoms with Crippen molar-refractivity contribution in [1.29, 1.82) is 0 Å². The van der Waals surface area contributed by atoms with Crippen molar-refractivity contribution in [3.63, 3.8) is 0 Å². The first-order valence-electron chi connectivity index (χ1n) is 7.79. The fourth-order valence-corrected chi connectivity index (χ4v) is 3.70. The van der Waals surface area contributed by atoms with Crippen LogP contribution in [0.25, 0.3) is 10.8 Å². The molecule has 132 valence electrons. The van der Waals surface area contributed by atoms with Gasteiger partial charge in [-0.25, -0.2) is 17.9 Å². The average molecular weight is 384 g/mol. The summed E-state index contributed by atoms with van der Waals surface area (Å²) >= 11 is 5.28. The largest absolute Gasteiger partial charge is 0.333 e. The van der Waals surface area contributed by atoms with E-state index in [0.29, 0.717) is 5.56 Å². The van der Waals surface area contributed by atoms with Crippen LogP contribution in [0.15, 0.2) is 71.6 Å². The maximum atomic E-state index is 12.3. The van der Waals surface area contributed by atoms with Gasteiger partial charge in [0.1, 0.15) is 4.99 Å². The van der Waals surface area contributed by atoms with Crippen LogP contribution in [0.2, 0.25) is 0 Å². The van der Waals surface area contributed by atoms with Gasteiger partial charge < -0.3 is 0 Å². The van der Waals surface area contributed by atoms with Gasteiger partial charge in [-0.05, 0) is 29.8 Å². The first kappa shape index (κ1) is 18.0. The first-order valence-corrected chi connectivity index (χ1v) is 9.68. The molecule has 7 heteroatoms. The minimum absolute atomic E-state index is 0.00864. The Labute approximate surface area is 157 Å². The molecule has 0 unspecified atom stereocenters. The van der Waals surface area contributed by atoms with Crippen LogP contribution in [-0.4, -0.2) is 19.4 Å². The van der Waals surface area contributed by atoms with E-state index in [9.17, 15) is 13.2 Å². The molecule has 3 aromatic rings. The second-order valence-electron chi connectivity index (χ2n) is 5.73. The predicted octanol–water partition coefficient (Wildman–Crippen LogP) is 3.51. The van der Waals surface area contributed by atoms with Crippen molar-refractivity contribution >= 4 is 44.0 Å². The topological polar surface area (TPSA) is 75.3 Å². The van der Waals surface area contributed by atoms with Crippen LogP contribution in [0.3, 0.4) is 0 Å². The summed E-state index contributed by atoms with van der Waals surface area (Å²) in [4.78, 5) is 12.3. The fourth-order valence-electron chi connectivity index (χ4n) is 2.52. The molecule has 0 aliphatic rings. The molecule has 0 saturated heterocycles. The highest BCUT2D eigenvalue weighted by Crippen LogP contribution is 2.18. The molecule has 0 fully saturated rings. The third-order valence-electron chi connectivity index (χ3n) is 3.82. The lowest BCUT2D eigenvalue weighted by atomic mass is 10.0. The summed E-state index contributed by atoms with van der Waals surface area (Å²) in [6.07, 6.45) is 0. The van der Waals surface area contributed by atoms with E-state index in [4.69, 9.17) is 12.2 Å². The Morgan fingerprint density at radius 1 is 0.923 bits per heavy atom. The van der Waals surface area contributed by atoms with Crippen molar-refractivity contribution in [2.75, 3.05) is 0 Å². The number of benzene rings is 3. The summed E-state index contributed by atoms with van der Waals surface area (Å²) in [5, 5.41) is 4.28. The highest BCUT2D eigenvalue weighted by Gasteiger charge is 2.18. The quantitative estimate of drug-likeness (QED) is 0.678. The number of fused-ring (bicyclic) bond motifs is 1. The van der Waals surface area contributed by atoms with Gasteiger partial charge in [-0.15, -0.1) is 0 Å². The van der Waals surface area contributed by atoms with Gasteiger partial charge >= 0.3 is 6.03 Å². The molecular weight excluding hydrogens is 368 g/mol. The fraction of sp³-hybridized carbons (Fsp3) is 0.0526. The number of aryl methyl sites for hydroxylation is 1. The highest BCUT2D eigenvalue weighted by molar-refractivity contribution is 7.90. The molecule has 0 aromatic heterocycles. The lowest BCUT2D eigenvalue weighted by molar-refractivity contribution is 0.250. The SMILES string of the molecule is Cc1ccc(S(=O)(=O)NC(=O)NC(=S)c2cccc3ccccc23)cc1.